The Kier molecular flexibility index (Phi) is 5.46. The molecule has 23 heavy (non-hydrogen) atoms. The van der Waals surface area contributed by atoms with Crippen molar-refractivity contribution in [3.8, 4) is 0 Å². The van der Waals surface area contributed by atoms with Crippen LogP contribution in [-0.4, -0.2) is 5.54 Å². The number of hydrogen-bond donors (Lipinski definition) is 1. The number of rotatable bonds is 0. The van der Waals surface area contributed by atoms with Gasteiger partial charge in [0.05, 0.1) is 0 Å². The van der Waals surface area contributed by atoms with E-state index in [1.165, 1.54) is 83.5 Å². The molecule has 2 N–H and O–H groups in total. The Morgan fingerprint density at radius 1 is 0.652 bits per heavy atom. The molecule has 1 nitrogen and oxygen atoms in total. The molecule has 4 unspecified atom stereocenters. The van der Waals surface area contributed by atoms with E-state index in [2.05, 4.69) is 20.8 Å². The van der Waals surface area contributed by atoms with E-state index in [0.29, 0.717) is 0 Å². The molecule has 0 bridgehead atoms. The lowest BCUT2D eigenvalue weighted by Crippen LogP contribution is -2.67. The number of fused-ring (bicyclic) bond motifs is 2. The third kappa shape index (κ3) is 3.37. The fourth-order valence-corrected chi connectivity index (χ4v) is 6.72. The molecule has 3 aliphatic rings. The Balaban J connectivity index is 1.95. The minimum Gasteiger partial charge on any atom is -0.324 e. The molecule has 3 saturated carbocycles. The highest BCUT2D eigenvalue weighted by molar-refractivity contribution is 5.11. The van der Waals surface area contributed by atoms with Gasteiger partial charge < -0.3 is 5.73 Å². The second kappa shape index (κ2) is 7.06. The number of hydrogen-bond acceptors (Lipinski definition) is 1. The molecule has 0 radical (unpaired) electrons. The van der Waals surface area contributed by atoms with Crippen molar-refractivity contribution in [3.05, 3.63) is 0 Å². The van der Waals surface area contributed by atoms with E-state index in [-0.39, 0.29) is 11.0 Å². The Labute approximate surface area is 145 Å². The topological polar surface area (TPSA) is 26.0 Å². The molecule has 0 heterocycles. The van der Waals surface area contributed by atoms with Gasteiger partial charge in [-0.1, -0.05) is 85.0 Å². The molecule has 0 aromatic carbocycles. The van der Waals surface area contributed by atoms with Crippen molar-refractivity contribution in [1.82, 2.24) is 0 Å². The van der Waals surface area contributed by atoms with Crippen molar-refractivity contribution in [1.29, 1.82) is 0 Å². The summed E-state index contributed by atoms with van der Waals surface area (Å²) in [7, 11) is 0. The average molecular weight is 320 g/mol. The second-order valence-corrected chi connectivity index (χ2v) is 10.1. The largest absolute Gasteiger partial charge is 0.324 e. The molecule has 0 aromatic heterocycles. The van der Waals surface area contributed by atoms with Gasteiger partial charge in [0.25, 0.3) is 0 Å². The van der Waals surface area contributed by atoms with E-state index in [4.69, 9.17) is 5.73 Å². The van der Waals surface area contributed by atoms with Crippen molar-refractivity contribution in [2.45, 2.75) is 110 Å². The zero-order chi connectivity index (χ0) is 16.5. The van der Waals surface area contributed by atoms with Crippen molar-refractivity contribution < 1.29 is 0 Å². The lowest BCUT2D eigenvalue weighted by atomic mass is 9.47. The summed E-state index contributed by atoms with van der Waals surface area (Å²) in [4.78, 5) is 0. The van der Waals surface area contributed by atoms with Gasteiger partial charge >= 0.3 is 0 Å². The molecule has 0 aromatic rings. The van der Waals surface area contributed by atoms with Gasteiger partial charge in [0, 0.05) is 5.54 Å². The first-order chi connectivity index (χ1) is 10.9. The van der Waals surface area contributed by atoms with Crippen LogP contribution >= 0.6 is 0 Å². The Morgan fingerprint density at radius 2 is 1.04 bits per heavy atom. The molecule has 0 aliphatic heterocycles. The Bertz CT molecular complexity index is 354. The minimum absolute atomic E-state index is 0.0647. The standard InChI is InChI=1S/C22H41N/c1-21(2,3)22(23)19-14-10-6-4-8-12-17(19)16-18-13-9-5-7-11-15-20(18)22/h17-20H,4-16,23H2,1-3H3. The van der Waals surface area contributed by atoms with Crippen molar-refractivity contribution in [3.63, 3.8) is 0 Å². The maximum absolute atomic E-state index is 7.49. The fraction of sp³-hybridized carbons (Fsp3) is 1.00. The molecule has 3 rings (SSSR count). The molecule has 1 heteroatoms. The predicted octanol–water partition coefficient (Wildman–Crippen LogP) is 6.31. The highest BCUT2D eigenvalue weighted by atomic mass is 14.9. The van der Waals surface area contributed by atoms with Gasteiger partial charge in [-0.3, -0.25) is 0 Å². The lowest BCUT2D eigenvalue weighted by molar-refractivity contribution is -0.0738. The van der Waals surface area contributed by atoms with Crippen LogP contribution in [0.2, 0.25) is 0 Å². The highest BCUT2D eigenvalue weighted by Gasteiger charge is 2.57. The molecule has 134 valence electrons. The maximum Gasteiger partial charge on any atom is 0.0265 e. The van der Waals surface area contributed by atoms with Crippen molar-refractivity contribution in [2.24, 2.45) is 34.8 Å². The monoisotopic (exact) mass is 319 g/mol. The summed E-state index contributed by atoms with van der Waals surface area (Å²) in [5.41, 5.74) is 7.78. The van der Waals surface area contributed by atoms with Crippen LogP contribution in [0.4, 0.5) is 0 Å². The van der Waals surface area contributed by atoms with E-state index in [1.54, 1.807) is 0 Å². The SMILES string of the molecule is CC(C)(C)C1(N)C2CCCCCCC2CC2CCCCCCC21. The molecule has 0 spiro atoms. The van der Waals surface area contributed by atoms with Gasteiger partial charge in [-0.25, -0.2) is 0 Å². The molecule has 3 aliphatic carbocycles. The third-order valence-electron chi connectivity index (χ3n) is 7.95. The normalized spacial score (nSPS) is 43.3. The van der Waals surface area contributed by atoms with Gasteiger partial charge in [-0.2, -0.15) is 0 Å². The van der Waals surface area contributed by atoms with Gasteiger partial charge in [0.2, 0.25) is 0 Å². The maximum atomic E-state index is 7.49. The quantitative estimate of drug-likeness (QED) is 0.556. The minimum atomic E-state index is 0.0647. The van der Waals surface area contributed by atoms with Crippen molar-refractivity contribution in [2.75, 3.05) is 0 Å². The summed E-state index contributed by atoms with van der Waals surface area (Å²) in [5, 5.41) is 0. The van der Waals surface area contributed by atoms with E-state index < -0.39 is 0 Å². The molecule has 3 fully saturated rings. The van der Waals surface area contributed by atoms with Gasteiger partial charge in [0.15, 0.2) is 0 Å². The Hall–Kier alpha value is -0.0400. The van der Waals surface area contributed by atoms with Crippen LogP contribution < -0.4 is 5.73 Å². The first-order valence-electron chi connectivity index (χ1n) is 10.7. The molecular formula is C22H41N. The molecule has 0 amide bonds. The summed E-state index contributed by atoms with van der Waals surface area (Å²) in [6.45, 7) is 7.35. The first kappa shape index (κ1) is 17.8. The van der Waals surface area contributed by atoms with Crippen LogP contribution in [0.3, 0.4) is 0 Å². The van der Waals surface area contributed by atoms with Crippen LogP contribution in [-0.2, 0) is 0 Å². The number of nitrogens with two attached hydrogens (primary N) is 1. The van der Waals surface area contributed by atoms with E-state index in [0.717, 1.165) is 23.7 Å². The van der Waals surface area contributed by atoms with E-state index in [1.807, 2.05) is 0 Å². The summed E-state index contributed by atoms with van der Waals surface area (Å²) >= 11 is 0. The van der Waals surface area contributed by atoms with Crippen LogP contribution in [0, 0.1) is 29.1 Å². The van der Waals surface area contributed by atoms with Crippen LogP contribution in [0.5, 0.6) is 0 Å². The first-order valence-corrected chi connectivity index (χ1v) is 10.7. The van der Waals surface area contributed by atoms with E-state index >= 15 is 0 Å². The summed E-state index contributed by atoms with van der Waals surface area (Å²) in [5.74, 6) is 3.40. The zero-order valence-electron chi connectivity index (χ0n) is 16.1. The van der Waals surface area contributed by atoms with Crippen molar-refractivity contribution >= 4 is 0 Å². The van der Waals surface area contributed by atoms with Gasteiger partial charge in [-0.05, 0) is 48.3 Å². The average Bonchev–Trinajstić information content (AvgIpc) is 2.41. The van der Waals surface area contributed by atoms with Gasteiger partial charge in [0.1, 0.15) is 0 Å². The summed E-state index contributed by atoms with van der Waals surface area (Å²) < 4.78 is 0. The zero-order valence-corrected chi connectivity index (χ0v) is 16.1. The van der Waals surface area contributed by atoms with Crippen LogP contribution in [0.15, 0.2) is 0 Å². The van der Waals surface area contributed by atoms with Crippen LogP contribution in [0.1, 0.15) is 104 Å². The van der Waals surface area contributed by atoms with E-state index in [9.17, 15) is 0 Å². The third-order valence-corrected chi connectivity index (χ3v) is 7.95. The molecular weight excluding hydrogens is 278 g/mol. The van der Waals surface area contributed by atoms with Crippen LogP contribution in [0.25, 0.3) is 0 Å². The molecule has 4 atom stereocenters. The smallest absolute Gasteiger partial charge is 0.0265 e. The highest BCUT2D eigenvalue weighted by Crippen LogP contribution is 2.57. The lowest BCUT2D eigenvalue weighted by Gasteiger charge is -2.61. The fourth-order valence-electron chi connectivity index (χ4n) is 6.72. The summed E-state index contributed by atoms with van der Waals surface area (Å²) in [6, 6.07) is 0. The second-order valence-electron chi connectivity index (χ2n) is 10.1. The predicted molar refractivity (Wildman–Crippen MR) is 100 cm³/mol. The Morgan fingerprint density at radius 3 is 1.43 bits per heavy atom. The summed E-state index contributed by atoms with van der Waals surface area (Å²) in [6.07, 6.45) is 18.8. The molecule has 0 saturated heterocycles. The van der Waals surface area contributed by atoms with Gasteiger partial charge in [-0.15, -0.1) is 0 Å².